The Labute approximate surface area is 127 Å². The Morgan fingerprint density at radius 3 is 2.50 bits per heavy atom. The fraction of sp³-hybridized carbons (Fsp3) is 0.857. The lowest BCUT2D eigenvalue weighted by Crippen LogP contribution is -2.45. The topological polar surface area (TPSA) is 84.2 Å². The molecule has 2 amide bonds. The maximum absolute atomic E-state index is 11.8. The van der Waals surface area contributed by atoms with Crippen LogP contribution in [0.4, 0.5) is 0 Å². The molecule has 0 aromatic carbocycles. The van der Waals surface area contributed by atoms with Gasteiger partial charge in [0.05, 0.1) is 0 Å². The molecule has 0 saturated heterocycles. The number of rotatable bonds is 7. The summed E-state index contributed by atoms with van der Waals surface area (Å²) in [5, 5.41) is 5.53. The van der Waals surface area contributed by atoms with Crippen LogP contribution in [0.1, 0.15) is 51.9 Å². The lowest BCUT2D eigenvalue weighted by Gasteiger charge is -2.22. The second kappa shape index (κ2) is 10.9. The van der Waals surface area contributed by atoms with Crippen molar-refractivity contribution in [3.05, 3.63) is 0 Å². The molecule has 20 heavy (non-hydrogen) atoms. The average Bonchev–Trinajstić information content (AvgIpc) is 2.39. The lowest BCUT2D eigenvalue weighted by molar-refractivity contribution is -0.129. The number of nitrogens with two attached hydrogens (primary N) is 1. The summed E-state index contributed by atoms with van der Waals surface area (Å²) < 4.78 is 0. The van der Waals surface area contributed by atoms with E-state index >= 15 is 0 Å². The second-order valence-electron chi connectivity index (χ2n) is 5.43. The van der Waals surface area contributed by atoms with Crippen LogP contribution in [-0.2, 0) is 9.59 Å². The van der Waals surface area contributed by atoms with Crippen molar-refractivity contribution in [2.75, 3.05) is 13.1 Å². The molecule has 0 aliphatic heterocycles. The Morgan fingerprint density at radius 1 is 1.25 bits per heavy atom. The first kappa shape index (κ1) is 19.2. The van der Waals surface area contributed by atoms with Crippen LogP contribution in [-0.4, -0.2) is 30.9 Å². The van der Waals surface area contributed by atoms with Crippen molar-refractivity contribution in [3.8, 4) is 0 Å². The van der Waals surface area contributed by atoms with Crippen molar-refractivity contribution in [3.63, 3.8) is 0 Å². The first-order valence-electron chi connectivity index (χ1n) is 7.40. The van der Waals surface area contributed by atoms with Gasteiger partial charge in [0.1, 0.15) is 6.04 Å². The number of hydrogen-bond acceptors (Lipinski definition) is 3. The minimum absolute atomic E-state index is 0. The normalized spacial score (nSPS) is 16.9. The highest BCUT2D eigenvalue weighted by molar-refractivity contribution is 5.87. The summed E-state index contributed by atoms with van der Waals surface area (Å²) in [4.78, 5) is 23.5. The van der Waals surface area contributed by atoms with Gasteiger partial charge in [0.15, 0.2) is 0 Å². The highest BCUT2D eigenvalue weighted by atomic mass is 35.5. The van der Waals surface area contributed by atoms with Crippen molar-refractivity contribution in [1.29, 1.82) is 0 Å². The van der Waals surface area contributed by atoms with Gasteiger partial charge in [-0.15, -0.1) is 12.4 Å². The van der Waals surface area contributed by atoms with Crippen molar-refractivity contribution < 1.29 is 9.59 Å². The zero-order valence-electron chi connectivity index (χ0n) is 12.3. The van der Waals surface area contributed by atoms with E-state index in [4.69, 9.17) is 5.73 Å². The van der Waals surface area contributed by atoms with Gasteiger partial charge >= 0.3 is 0 Å². The van der Waals surface area contributed by atoms with Gasteiger partial charge in [0, 0.05) is 13.0 Å². The lowest BCUT2D eigenvalue weighted by atomic mass is 9.87. The summed E-state index contributed by atoms with van der Waals surface area (Å²) in [6, 6.07) is -0.464. The Hall–Kier alpha value is -0.810. The molecule has 0 aromatic heterocycles. The van der Waals surface area contributed by atoms with Crippen LogP contribution < -0.4 is 16.4 Å². The van der Waals surface area contributed by atoms with Crippen LogP contribution in [0.5, 0.6) is 0 Å². The molecule has 1 aliphatic carbocycles. The quantitative estimate of drug-likeness (QED) is 0.621. The number of halogens is 1. The Bertz CT molecular complexity index is 294. The van der Waals surface area contributed by atoms with Gasteiger partial charge in [-0.05, 0) is 38.6 Å². The van der Waals surface area contributed by atoms with Gasteiger partial charge in [0.25, 0.3) is 0 Å². The fourth-order valence-electron chi connectivity index (χ4n) is 2.49. The third kappa shape index (κ3) is 7.70. The van der Waals surface area contributed by atoms with E-state index in [0.29, 0.717) is 25.4 Å². The minimum Gasteiger partial charge on any atom is -0.354 e. The van der Waals surface area contributed by atoms with Crippen molar-refractivity contribution in [2.24, 2.45) is 11.7 Å². The second-order valence-corrected chi connectivity index (χ2v) is 5.43. The van der Waals surface area contributed by atoms with Crippen molar-refractivity contribution in [2.45, 2.75) is 57.9 Å². The molecule has 1 unspecified atom stereocenters. The van der Waals surface area contributed by atoms with E-state index in [9.17, 15) is 9.59 Å². The van der Waals surface area contributed by atoms with E-state index in [-0.39, 0.29) is 24.2 Å². The Kier molecular flexibility index (Phi) is 10.5. The van der Waals surface area contributed by atoms with Crippen molar-refractivity contribution in [1.82, 2.24) is 10.6 Å². The molecule has 0 aromatic rings. The van der Waals surface area contributed by atoms with E-state index in [1.165, 1.54) is 19.3 Å². The van der Waals surface area contributed by atoms with Crippen molar-refractivity contribution >= 4 is 24.2 Å². The molecular weight excluding hydrogens is 278 g/mol. The monoisotopic (exact) mass is 305 g/mol. The molecule has 1 rings (SSSR count). The molecule has 1 fully saturated rings. The molecule has 0 spiro atoms. The molecule has 5 nitrogen and oxygen atoms in total. The number of amides is 2. The summed E-state index contributed by atoms with van der Waals surface area (Å²) >= 11 is 0. The molecule has 1 saturated carbocycles. The molecular formula is C14H28ClN3O2. The van der Waals surface area contributed by atoms with Gasteiger partial charge in [-0.2, -0.15) is 0 Å². The number of nitrogens with one attached hydrogen (secondary N) is 2. The maximum Gasteiger partial charge on any atom is 0.242 e. The zero-order valence-corrected chi connectivity index (χ0v) is 13.1. The smallest absolute Gasteiger partial charge is 0.242 e. The molecule has 6 heteroatoms. The van der Waals surface area contributed by atoms with Crippen LogP contribution in [0.25, 0.3) is 0 Å². The van der Waals surface area contributed by atoms with Gasteiger partial charge in [-0.25, -0.2) is 0 Å². The van der Waals surface area contributed by atoms with E-state index in [1.54, 1.807) is 6.92 Å². The highest BCUT2D eigenvalue weighted by Crippen LogP contribution is 2.26. The molecule has 1 atom stereocenters. The molecule has 0 bridgehead atoms. The number of hydrogen-bond donors (Lipinski definition) is 3. The van der Waals surface area contributed by atoms with Crippen LogP contribution in [0, 0.1) is 5.92 Å². The van der Waals surface area contributed by atoms with Gasteiger partial charge in [-0.1, -0.05) is 19.3 Å². The van der Waals surface area contributed by atoms with Crippen LogP contribution in [0.3, 0.4) is 0 Å². The highest BCUT2D eigenvalue weighted by Gasteiger charge is 2.20. The zero-order chi connectivity index (χ0) is 14.1. The van der Waals surface area contributed by atoms with Gasteiger partial charge in [-0.3, -0.25) is 9.59 Å². The van der Waals surface area contributed by atoms with E-state index < -0.39 is 6.04 Å². The van der Waals surface area contributed by atoms with E-state index in [2.05, 4.69) is 10.6 Å². The minimum atomic E-state index is -0.464. The first-order chi connectivity index (χ1) is 9.13. The molecule has 0 heterocycles. The SMILES string of the molecule is CC(NC(=O)CC1CCCCC1)C(=O)NCCCN.Cl. The van der Waals surface area contributed by atoms with Gasteiger partial charge < -0.3 is 16.4 Å². The maximum atomic E-state index is 11.8. The van der Waals surface area contributed by atoms with E-state index in [1.807, 2.05) is 0 Å². The van der Waals surface area contributed by atoms with E-state index in [0.717, 1.165) is 19.3 Å². The Morgan fingerprint density at radius 2 is 1.90 bits per heavy atom. The van der Waals surface area contributed by atoms with Crippen LogP contribution >= 0.6 is 12.4 Å². The summed E-state index contributed by atoms with van der Waals surface area (Å²) in [7, 11) is 0. The largest absolute Gasteiger partial charge is 0.354 e. The summed E-state index contributed by atoms with van der Waals surface area (Å²) in [6.45, 7) is 2.84. The number of carbonyl (C=O) groups excluding carboxylic acids is 2. The Balaban J connectivity index is 0.00000361. The summed E-state index contributed by atoms with van der Waals surface area (Å²) in [6.07, 6.45) is 7.35. The third-order valence-corrected chi connectivity index (χ3v) is 3.65. The standard InChI is InChI=1S/C14H27N3O2.ClH/c1-11(14(19)16-9-5-8-15)17-13(18)10-12-6-3-2-4-7-12;/h11-12H,2-10,15H2,1H3,(H,16,19)(H,17,18);1H. The molecule has 118 valence electrons. The predicted octanol–water partition coefficient (Wildman–Crippen LogP) is 1.35. The third-order valence-electron chi connectivity index (χ3n) is 3.65. The fourth-order valence-corrected chi connectivity index (χ4v) is 2.49. The first-order valence-corrected chi connectivity index (χ1v) is 7.40. The summed E-state index contributed by atoms with van der Waals surface area (Å²) in [5.74, 6) is 0.361. The average molecular weight is 306 g/mol. The summed E-state index contributed by atoms with van der Waals surface area (Å²) in [5.41, 5.74) is 5.35. The predicted molar refractivity (Wildman–Crippen MR) is 82.7 cm³/mol. The number of carbonyl (C=O) groups is 2. The molecule has 0 radical (unpaired) electrons. The van der Waals surface area contributed by atoms with Crippen LogP contribution in [0.2, 0.25) is 0 Å². The molecule has 1 aliphatic rings. The molecule has 4 N–H and O–H groups in total. The van der Waals surface area contributed by atoms with Gasteiger partial charge in [0.2, 0.25) is 11.8 Å². The van der Waals surface area contributed by atoms with Crippen LogP contribution in [0.15, 0.2) is 0 Å².